The second-order valence-corrected chi connectivity index (χ2v) is 6.37. The van der Waals surface area contributed by atoms with Crippen molar-refractivity contribution in [3.63, 3.8) is 0 Å². The third kappa shape index (κ3) is 3.44. The number of nitrogens with zero attached hydrogens (tertiary/aromatic N) is 3. The van der Waals surface area contributed by atoms with E-state index in [1.54, 1.807) is 23.1 Å². The zero-order valence-corrected chi connectivity index (χ0v) is 14.7. The zero-order valence-electron chi connectivity index (χ0n) is 14.7. The Morgan fingerprint density at radius 2 is 1.96 bits per heavy atom. The molecule has 0 aliphatic carbocycles. The van der Waals surface area contributed by atoms with Crippen LogP contribution in [0, 0.1) is 6.92 Å². The summed E-state index contributed by atoms with van der Waals surface area (Å²) in [7, 11) is 0. The predicted molar refractivity (Wildman–Crippen MR) is 96.6 cm³/mol. The van der Waals surface area contributed by atoms with Gasteiger partial charge in [-0.2, -0.15) is 0 Å². The van der Waals surface area contributed by atoms with E-state index in [-0.39, 0.29) is 17.9 Å². The van der Waals surface area contributed by atoms with Crippen LogP contribution in [-0.2, 0) is 0 Å². The average Bonchev–Trinajstić information content (AvgIpc) is 3.16. The molecule has 7 nitrogen and oxygen atoms in total. The lowest BCUT2D eigenvalue weighted by Gasteiger charge is -2.38. The van der Waals surface area contributed by atoms with E-state index in [0.717, 1.165) is 17.4 Å². The summed E-state index contributed by atoms with van der Waals surface area (Å²) in [5, 5.41) is 7.79. The molecule has 27 heavy (non-hydrogen) atoms. The molecule has 0 spiro atoms. The van der Waals surface area contributed by atoms with Crippen molar-refractivity contribution in [1.82, 2.24) is 15.1 Å². The molecule has 1 aliphatic heterocycles. The Bertz CT molecular complexity index is 978. The molecule has 136 valence electrons. The predicted octanol–water partition coefficient (Wildman–Crippen LogP) is 2.76. The fraction of sp³-hybridized carbons (Fsp3) is 0.200. The summed E-state index contributed by atoms with van der Waals surface area (Å²) in [6.07, 6.45) is 0.695. The van der Waals surface area contributed by atoms with Crippen LogP contribution in [0.5, 0.6) is 5.75 Å². The van der Waals surface area contributed by atoms with Crippen LogP contribution in [0.1, 0.15) is 26.6 Å². The first-order chi connectivity index (χ1) is 13.1. The number of carbonyl (C=O) groups is 2. The van der Waals surface area contributed by atoms with Gasteiger partial charge in [-0.1, -0.05) is 18.2 Å². The quantitative estimate of drug-likeness (QED) is 0.648. The molecule has 4 rings (SSSR count). The van der Waals surface area contributed by atoms with Crippen molar-refractivity contribution in [3.05, 3.63) is 65.5 Å². The molecule has 1 saturated heterocycles. The van der Waals surface area contributed by atoms with Gasteiger partial charge in [0.25, 0.3) is 0 Å². The van der Waals surface area contributed by atoms with Crippen LogP contribution in [0.4, 0.5) is 0 Å². The molecular weight excluding hydrogens is 346 g/mol. The number of ether oxygens (including phenoxy) is 1. The summed E-state index contributed by atoms with van der Waals surface area (Å²) in [6.45, 7) is 2.76. The Morgan fingerprint density at radius 3 is 2.67 bits per heavy atom. The van der Waals surface area contributed by atoms with E-state index in [2.05, 4.69) is 10.2 Å². The summed E-state index contributed by atoms with van der Waals surface area (Å²) in [5.41, 5.74) is 2.26. The molecule has 0 atom stereocenters. The Kier molecular flexibility index (Phi) is 4.42. The molecule has 0 unspecified atom stereocenters. The first-order valence-electron chi connectivity index (χ1n) is 8.55. The number of amides is 1. The number of hydrogen-bond acceptors (Lipinski definition) is 6. The van der Waals surface area contributed by atoms with Gasteiger partial charge in [0.15, 0.2) is 0 Å². The molecule has 2 heterocycles. The van der Waals surface area contributed by atoms with E-state index in [4.69, 9.17) is 9.15 Å². The van der Waals surface area contributed by atoms with Crippen LogP contribution in [0.3, 0.4) is 0 Å². The van der Waals surface area contributed by atoms with Crippen molar-refractivity contribution < 1.29 is 18.7 Å². The lowest BCUT2D eigenvalue weighted by Crippen LogP contribution is -2.56. The summed E-state index contributed by atoms with van der Waals surface area (Å²) >= 11 is 0. The molecule has 1 aromatic heterocycles. The second-order valence-electron chi connectivity index (χ2n) is 6.37. The fourth-order valence-electron chi connectivity index (χ4n) is 2.88. The largest absolute Gasteiger partial charge is 0.486 e. The minimum atomic E-state index is -0.308. The molecular formula is C20H17N3O4. The van der Waals surface area contributed by atoms with Crippen LogP contribution >= 0.6 is 0 Å². The Labute approximate surface area is 155 Å². The topological polar surface area (TPSA) is 85.5 Å². The van der Waals surface area contributed by atoms with Gasteiger partial charge in [-0.15, -0.1) is 10.2 Å². The summed E-state index contributed by atoms with van der Waals surface area (Å²) in [5.74, 6) is 0.691. The minimum absolute atomic E-state index is 0.0289. The van der Waals surface area contributed by atoms with E-state index in [9.17, 15) is 9.59 Å². The maximum atomic E-state index is 12.5. The SMILES string of the molecule is Cc1cc(C=O)ccc1OC1CN(C(=O)c2nnc(-c3ccccc3)o2)C1. The van der Waals surface area contributed by atoms with Gasteiger partial charge in [0.1, 0.15) is 18.1 Å². The van der Waals surface area contributed by atoms with Crippen molar-refractivity contribution in [2.75, 3.05) is 13.1 Å². The van der Waals surface area contributed by atoms with Crippen molar-refractivity contribution in [3.8, 4) is 17.2 Å². The smallest absolute Gasteiger partial charge is 0.311 e. The summed E-state index contributed by atoms with van der Waals surface area (Å²) < 4.78 is 11.4. The summed E-state index contributed by atoms with van der Waals surface area (Å²) in [4.78, 5) is 24.9. The fourth-order valence-corrected chi connectivity index (χ4v) is 2.88. The van der Waals surface area contributed by atoms with Crippen LogP contribution in [0.15, 0.2) is 52.9 Å². The standard InChI is InChI=1S/C20H17N3O4/c1-13-9-14(12-24)7-8-17(13)26-16-10-23(11-16)20(25)19-22-21-18(27-19)15-5-3-2-4-6-15/h2-9,12,16H,10-11H2,1H3. The van der Waals surface area contributed by atoms with E-state index in [1.165, 1.54) is 0 Å². The number of carbonyl (C=O) groups excluding carboxylic acids is 2. The summed E-state index contributed by atoms with van der Waals surface area (Å²) in [6, 6.07) is 14.5. The number of benzene rings is 2. The van der Waals surface area contributed by atoms with Crippen LogP contribution in [0.25, 0.3) is 11.5 Å². The first-order valence-corrected chi connectivity index (χ1v) is 8.55. The van der Waals surface area contributed by atoms with Crippen molar-refractivity contribution in [1.29, 1.82) is 0 Å². The van der Waals surface area contributed by atoms with Gasteiger partial charge in [0, 0.05) is 11.1 Å². The molecule has 3 aromatic rings. The molecule has 0 N–H and O–H groups in total. The third-order valence-corrected chi connectivity index (χ3v) is 4.39. The third-order valence-electron chi connectivity index (χ3n) is 4.39. The van der Waals surface area contributed by atoms with Crippen molar-refractivity contribution in [2.45, 2.75) is 13.0 Å². The minimum Gasteiger partial charge on any atom is -0.486 e. The number of aryl methyl sites for hydroxylation is 1. The molecule has 0 radical (unpaired) electrons. The van der Waals surface area contributed by atoms with Gasteiger partial charge in [0.05, 0.1) is 13.1 Å². The highest BCUT2D eigenvalue weighted by Crippen LogP contribution is 2.24. The van der Waals surface area contributed by atoms with Gasteiger partial charge >= 0.3 is 11.8 Å². The Morgan fingerprint density at radius 1 is 1.19 bits per heavy atom. The van der Waals surface area contributed by atoms with E-state index in [0.29, 0.717) is 30.3 Å². The van der Waals surface area contributed by atoms with Gasteiger partial charge in [0.2, 0.25) is 5.89 Å². The number of rotatable bonds is 5. The Hall–Kier alpha value is -3.48. The maximum Gasteiger partial charge on any atom is 0.311 e. The van der Waals surface area contributed by atoms with Gasteiger partial charge in [-0.25, -0.2) is 0 Å². The zero-order chi connectivity index (χ0) is 18.8. The number of aldehydes is 1. The van der Waals surface area contributed by atoms with Crippen LogP contribution in [-0.4, -0.2) is 46.5 Å². The van der Waals surface area contributed by atoms with Gasteiger partial charge in [-0.05, 0) is 42.8 Å². The molecule has 1 fully saturated rings. The molecule has 0 bridgehead atoms. The van der Waals surface area contributed by atoms with Crippen LogP contribution in [0.2, 0.25) is 0 Å². The number of likely N-dealkylation sites (tertiary alicyclic amines) is 1. The van der Waals surface area contributed by atoms with E-state index >= 15 is 0 Å². The lowest BCUT2D eigenvalue weighted by atomic mass is 10.1. The second kappa shape index (κ2) is 7.03. The highest BCUT2D eigenvalue weighted by Gasteiger charge is 2.35. The van der Waals surface area contributed by atoms with Crippen molar-refractivity contribution in [2.24, 2.45) is 0 Å². The average molecular weight is 363 g/mol. The monoisotopic (exact) mass is 363 g/mol. The Balaban J connectivity index is 1.36. The first kappa shape index (κ1) is 17.0. The number of aromatic nitrogens is 2. The van der Waals surface area contributed by atoms with Gasteiger partial charge in [-0.3, -0.25) is 9.59 Å². The molecule has 1 aliphatic rings. The molecule has 0 saturated carbocycles. The highest BCUT2D eigenvalue weighted by molar-refractivity contribution is 5.90. The van der Waals surface area contributed by atoms with E-state index in [1.807, 2.05) is 37.3 Å². The number of hydrogen-bond donors (Lipinski definition) is 0. The highest BCUT2D eigenvalue weighted by atomic mass is 16.5. The maximum absolute atomic E-state index is 12.5. The van der Waals surface area contributed by atoms with Crippen LogP contribution < -0.4 is 4.74 Å². The lowest BCUT2D eigenvalue weighted by molar-refractivity contribution is 0.0147. The molecule has 2 aromatic carbocycles. The normalized spacial score (nSPS) is 13.9. The van der Waals surface area contributed by atoms with E-state index < -0.39 is 0 Å². The molecule has 1 amide bonds. The molecule has 7 heteroatoms. The van der Waals surface area contributed by atoms with Crippen molar-refractivity contribution >= 4 is 12.2 Å². The van der Waals surface area contributed by atoms with Gasteiger partial charge < -0.3 is 14.1 Å².